The topological polar surface area (TPSA) is 58.6 Å². The fourth-order valence-electron chi connectivity index (χ4n) is 1.37. The van der Waals surface area contributed by atoms with Crippen LogP contribution in [0.2, 0.25) is 0 Å². The summed E-state index contributed by atoms with van der Waals surface area (Å²) < 4.78 is 4.95. The van der Waals surface area contributed by atoms with Crippen LogP contribution in [0.4, 0.5) is 0 Å². The Morgan fingerprint density at radius 2 is 2.17 bits per heavy atom. The van der Waals surface area contributed by atoms with E-state index in [-0.39, 0.29) is 5.97 Å². The maximum atomic E-state index is 11.1. The van der Waals surface area contributed by atoms with E-state index < -0.39 is 0 Å². The van der Waals surface area contributed by atoms with Gasteiger partial charge in [-0.25, -0.2) is 4.79 Å². The predicted octanol–water partition coefficient (Wildman–Crippen LogP) is 1.99. The van der Waals surface area contributed by atoms with Crippen molar-refractivity contribution in [2.24, 2.45) is 0 Å². The SMILES string of the molecule is C=C(C)C(=O)OCCCNCc1ccccc1O. The number of benzene rings is 1. The second-order valence-corrected chi connectivity index (χ2v) is 4.08. The molecular weight excluding hydrogens is 230 g/mol. The van der Waals surface area contributed by atoms with E-state index in [2.05, 4.69) is 11.9 Å². The Morgan fingerprint density at radius 1 is 1.44 bits per heavy atom. The number of para-hydroxylation sites is 1. The van der Waals surface area contributed by atoms with Gasteiger partial charge in [0, 0.05) is 17.7 Å². The molecule has 0 saturated heterocycles. The lowest BCUT2D eigenvalue weighted by molar-refractivity contribution is -0.139. The third-order valence-corrected chi connectivity index (χ3v) is 2.39. The van der Waals surface area contributed by atoms with E-state index in [0.717, 1.165) is 18.5 Å². The lowest BCUT2D eigenvalue weighted by Crippen LogP contribution is -2.17. The van der Waals surface area contributed by atoms with Crippen molar-refractivity contribution in [1.29, 1.82) is 0 Å². The number of aromatic hydroxyl groups is 1. The van der Waals surface area contributed by atoms with Crippen molar-refractivity contribution in [3.63, 3.8) is 0 Å². The van der Waals surface area contributed by atoms with Crippen LogP contribution in [-0.2, 0) is 16.1 Å². The first-order valence-corrected chi connectivity index (χ1v) is 5.91. The van der Waals surface area contributed by atoms with Gasteiger partial charge in [0.2, 0.25) is 0 Å². The van der Waals surface area contributed by atoms with Gasteiger partial charge in [0.15, 0.2) is 0 Å². The van der Waals surface area contributed by atoms with Gasteiger partial charge >= 0.3 is 5.97 Å². The Labute approximate surface area is 107 Å². The number of phenols is 1. The standard InChI is InChI=1S/C14H19NO3/c1-11(2)14(17)18-9-5-8-15-10-12-6-3-4-7-13(12)16/h3-4,6-7,15-16H,1,5,8-10H2,2H3. The quantitative estimate of drug-likeness (QED) is 0.441. The number of hydrogen-bond acceptors (Lipinski definition) is 4. The van der Waals surface area contributed by atoms with Crippen molar-refractivity contribution < 1.29 is 14.6 Å². The zero-order valence-electron chi connectivity index (χ0n) is 10.6. The first kappa shape index (κ1) is 14.3. The number of nitrogens with one attached hydrogen (secondary N) is 1. The molecule has 0 unspecified atom stereocenters. The summed E-state index contributed by atoms with van der Waals surface area (Å²) in [7, 11) is 0. The molecule has 0 aliphatic rings. The minimum absolute atomic E-state index is 0.290. The summed E-state index contributed by atoms with van der Waals surface area (Å²) in [5.41, 5.74) is 1.27. The van der Waals surface area contributed by atoms with Crippen LogP contribution < -0.4 is 5.32 Å². The third-order valence-electron chi connectivity index (χ3n) is 2.39. The number of rotatable bonds is 7. The summed E-state index contributed by atoms with van der Waals surface area (Å²) >= 11 is 0. The van der Waals surface area contributed by atoms with Crippen LogP contribution in [0.5, 0.6) is 5.75 Å². The number of esters is 1. The highest BCUT2D eigenvalue weighted by atomic mass is 16.5. The molecule has 0 bridgehead atoms. The van der Waals surface area contributed by atoms with Crippen molar-refractivity contribution in [2.45, 2.75) is 19.9 Å². The number of hydrogen-bond donors (Lipinski definition) is 2. The highest BCUT2D eigenvalue weighted by Crippen LogP contribution is 2.14. The van der Waals surface area contributed by atoms with E-state index in [1.54, 1.807) is 19.1 Å². The number of carbonyl (C=O) groups excluding carboxylic acids is 1. The maximum absolute atomic E-state index is 11.1. The van der Waals surface area contributed by atoms with Crippen molar-refractivity contribution in [2.75, 3.05) is 13.2 Å². The van der Waals surface area contributed by atoms with Crippen LogP contribution in [0.25, 0.3) is 0 Å². The molecule has 0 aromatic heterocycles. The summed E-state index contributed by atoms with van der Waals surface area (Å²) in [5, 5.41) is 12.7. The lowest BCUT2D eigenvalue weighted by Gasteiger charge is -2.07. The van der Waals surface area contributed by atoms with Gasteiger partial charge in [0.05, 0.1) is 6.61 Å². The van der Waals surface area contributed by atoms with Gasteiger partial charge in [-0.05, 0) is 26.0 Å². The van der Waals surface area contributed by atoms with Crippen LogP contribution >= 0.6 is 0 Å². The van der Waals surface area contributed by atoms with Gasteiger partial charge in [0.25, 0.3) is 0 Å². The molecule has 1 rings (SSSR count). The zero-order chi connectivity index (χ0) is 13.4. The van der Waals surface area contributed by atoms with Crippen LogP contribution in [0, 0.1) is 0 Å². The van der Waals surface area contributed by atoms with Crippen LogP contribution in [-0.4, -0.2) is 24.2 Å². The van der Waals surface area contributed by atoms with Crippen molar-refractivity contribution in [1.82, 2.24) is 5.32 Å². The Kier molecular flexibility index (Phi) is 5.94. The van der Waals surface area contributed by atoms with E-state index in [1.165, 1.54) is 0 Å². The molecule has 4 nitrogen and oxygen atoms in total. The van der Waals surface area contributed by atoms with E-state index in [4.69, 9.17) is 4.74 Å². The first-order chi connectivity index (χ1) is 8.61. The zero-order valence-corrected chi connectivity index (χ0v) is 10.6. The second-order valence-electron chi connectivity index (χ2n) is 4.08. The molecule has 0 aliphatic carbocycles. The summed E-state index contributed by atoms with van der Waals surface area (Å²) in [4.78, 5) is 11.1. The molecule has 4 heteroatoms. The molecule has 1 aromatic rings. The molecule has 0 aliphatic heterocycles. The van der Waals surface area contributed by atoms with Crippen molar-refractivity contribution >= 4 is 5.97 Å². The second kappa shape index (κ2) is 7.50. The molecule has 0 heterocycles. The monoisotopic (exact) mass is 249 g/mol. The summed E-state index contributed by atoms with van der Waals surface area (Å²) in [5.74, 6) is -0.0607. The molecule has 0 spiro atoms. The van der Waals surface area contributed by atoms with Gasteiger partial charge in [0.1, 0.15) is 5.75 Å². The van der Waals surface area contributed by atoms with Crippen molar-refractivity contribution in [3.05, 3.63) is 42.0 Å². The average molecular weight is 249 g/mol. The van der Waals surface area contributed by atoms with Crippen LogP contribution in [0.15, 0.2) is 36.4 Å². The number of ether oxygens (including phenoxy) is 1. The molecule has 0 radical (unpaired) electrons. The summed E-state index contributed by atoms with van der Waals surface area (Å²) in [6.07, 6.45) is 0.729. The van der Waals surface area contributed by atoms with E-state index >= 15 is 0 Å². The van der Waals surface area contributed by atoms with Gasteiger partial charge in [-0.3, -0.25) is 0 Å². The number of phenolic OH excluding ortho intramolecular Hbond substituents is 1. The van der Waals surface area contributed by atoms with E-state index in [9.17, 15) is 9.90 Å². The fraction of sp³-hybridized carbons (Fsp3) is 0.357. The van der Waals surface area contributed by atoms with Gasteiger partial charge < -0.3 is 15.2 Å². The average Bonchev–Trinajstić information content (AvgIpc) is 2.35. The lowest BCUT2D eigenvalue weighted by atomic mass is 10.2. The summed E-state index contributed by atoms with van der Waals surface area (Å²) in [6.45, 7) is 6.82. The van der Waals surface area contributed by atoms with Gasteiger partial charge in [-0.15, -0.1) is 0 Å². The maximum Gasteiger partial charge on any atom is 0.333 e. The largest absolute Gasteiger partial charge is 0.508 e. The first-order valence-electron chi connectivity index (χ1n) is 5.91. The van der Waals surface area contributed by atoms with Gasteiger partial charge in [-0.2, -0.15) is 0 Å². The molecule has 18 heavy (non-hydrogen) atoms. The molecule has 2 N–H and O–H groups in total. The third kappa shape index (κ3) is 5.01. The highest BCUT2D eigenvalue weighted by Gasteiger charge is 2.02. The Morgan fingerprint density at radius 3 is 2.83 bits per heavy atom. The normalized spacial score (nSPS) is 10.1. The Balaban J connectivity index is 2.11. The van der Waals surface area contributed by atoms with E-state index in [1.807, 2.05) is 12.1 Å². The van der Waals surface area contributed by atoms with Crippen LogP contribution in [0.3, 0.4) is 0 Å². The predicted molar refractivity (Wildman–Crippen MR) is 70.2 cm³/mol. The molecule has 0 fully saturated rings. The molecule has 0 saturated carbocycles. The Hall–Kier alpha value is -1.81. The number of carbonyl (C=O) groups is 1. The minimum Gasteiger partial charge on any atom is -0.508 e. The highest BCUT2D eigenvalue weighted by molar-refractivity contribution is 5.86. The fourth-order valence-corrected chi connectivity index (χ4v) is 1.37. The molecular formula is C14H19NO3. The van der Waals surface area contributed by atoms with Crippen molar-refractivity contribution in [3.8, 4) is 5.75 Å². The van der Waals surface area contributed by atoms with Crippen LogP contribution in [0.1, 0.15) is 18.9 Å². The van der Waals surface area contributed by atoms with E-state index in [0.29, 0.717) is 24.5 Å². The van der Waals surface area contributed by atoms with Gasteiger partial charge in [-0.1, -0.05) is 24.8 Å². The summed E-state index contributed by atoms with van der Waals surface area (Å²) in [6, 6.07) is 7.19. The minimum atomic E-state index is -0.351. The molecule has 0 atom stereocenters. The molecule has 0 amide bonds. The Bertz CT molecular complexity index is 415. The molecule has 98 valence electrons. The smallest absolute Gasteiger partial charge is 0.333 e. The molecule has 1 aromatic carbocycles.